The second kappa shape index (κ2) is 10.8. The van der Waals surface area contributed by atoms with Crippen LogP contribution in [0.3, 0.4) is 0 Å². The van der Waals surface area contributed by atoms with Gasteiger partial charge in [-0.05, 0) is 50.5 Å². The number of epoxide rings is 1. The molecule has 0 bridgehead atoms. The number of quaternary nitrogens is 2. The molecule has 0 radical (unpaired) electrons. The van der Waals surface area contributed by atoms with Gasteiger partial charge in [0.1, 0.15) is 12.8 Å². The molecule has 0 aromatic rings. The number of hydrogen-bond donors (Lipinski definition) is 4. The summed E-state index contributed by atoms with van der Waals surface area (Å²) in [6.45, 7) is 3.76. The molecule has 196 valence electrons. The van der Waals surface area contributed by atoms with Gasteiger partial charge in [-0.25, -0.2) is 10.1 Å². The number of aliphatic hydroxyl groups excluding tert-OH is 1. The molecule has 2 heterocycles. The van der Waals surface area contributed by atoms with E-state index in [4.69, 9.17) is 9.47 Å². The third-order valence-electron chi connectivity index (χ3n) is 8.89. The quantitative estimate of drug-likeness (QED) is 0.102. The predicted octanol–water partition coefficient (Wildman–Crippen LogP) is -0.856. The molecule has 9 heteroatoms. The van der Waals surface area contributed by atoms with Crippen LogP contribution in [0, 0.1) is 17.8 Å². The van der Waals surface area contributed by atoms with E-state index in [-0.39, 0.29) is 24.6 Å². The van der Waals surface area contributed by atoms with Crippen LogP contribution in [0.4, 0.5) is 0 Å². The Balaban J connectivity index is 1.49. The average molecular weight is 494 g/mol. The van der Waals surface area contributed by atoms with Gasteiger partial charge in [0.05, 0.1) is 27.3 Å². The molecular weight excluding hydrogens is 450 g/mol. The molecule has 6 unspecified atom stereocenters. The van der Waals surface area contributed by atoms with E-state index in [0.717, 1.165) is 57.3 Å². The first-order valence-electron chi connectivity index (χ1n) is 13.3. The Morgan fingerprint density at radius 1 is 1.23 bits per heavy atom. The molecule has 2 aliphatic heterocycles. The molecule has 6 N–H and O–H groups in total. The minimum atomic E-state index is -1.84. The van der Waals surface area contributed by atoms with Crippen LogP contribution in [-0.2, 0) is 23.9 Å². The number of rotatable bonds is 10. The van der Waals surface area contributed by atoms with Gasteiger partial charge in [-0.1, -0.05) is 18.4 Å². The van der Waals surface area contributed by atoms with Crippen molar-refractivity contribution >= 4 is 17.5 Å². The highest BCUT2D eigenvalue weighted by Crippen LogP contribution is 2.62. The lowest BCUT2D eigenvalue weighted by atomic mass is 9.60. The highest BCUT2D eigenvalue weighted by atomic mass is 16.7. The number of fused-ring (bicyclic) bond motifs is 2. The molecular formula is C26H43N3O6+2. The molecule has 0 aromatic heterocycles. The SMILES string of the molecule is C[NH2+]CNC1CC(CCC(C)=C(CO)CC23OC2(C(=O)OC)C(=O)C2CCCCC2C3=O)CC[NH2+]1. The van der Waals surface area contributed by atoms with Gasteiger partial charge in [-0.3, -0.25) is 9.59 Å². The normalized spacial score (nSPS) is 37.3. The van der Waals surface area contributed by atoms with Crippen LogP contribution >= 0.6 is 0 Å². The fourth-order valence-corrected chi connectivity index (χ4v) is 6.77. The van der Waals surface area contributed by atoms with Crippen LogP contribution in [0.15, 0.2) is 11.1 Å². The molecule has 2 aliphatic carbocycles. The zero-order chi connectivity index (χ0) is 25.2. The zero-order valence-electron chi connectivity index (χ0n) is 21.4. The van der Waals surface area contributed by atoms with E-state index in [0.29, 0.717) is 30.5 Å². The van der Waals surface area contributed by atoms with Gasteiger partial charge >= 0.3 is 5.97 Å². The number of esters is 1. The number of piperidine rings is 1. The van der Waals surface area contributed by atoms with E-state index in [1.165, 1.54) is 7.11 Å². The maximum absolute atomic E-state index is 13.7. The summed E-state index contributed by atoms with van der Waals surface area (Å²) < 4.78 is 10.9. The number of aliphatic hydroxyl groups is 1. The third kappa shape index (κ3) is 4.62. The number of nitrogens with one attached hydrogen (secondary N) is 1. The maximum Gasteiger partial charge on any atom is 0.349 e. The standard InChI is InChI=1S/C26H41N3O6/c1-16(8-9-17-10-11-28-21(12-17)29-15-27-2)18(14-30)13-25-22(31)19-6-4-5-7-20(19)23(32)26(25,35-25)24(33)34-3/h17,19-21,27-30H,4-15H2,1-3H3/p+2. The second-order valence-electron chi connectivity index (χ2n) is 10.9. The number of methoxy groups -OCH3 is 1. The van der Waals surface area contributed by atoms with Gasteiger partial charge in [-0.15, -0.1) is 0 Å². The van der Waals surface area contributed by atoms with E-state index < -0.39 is 29.0 Å². The van der Waals surface area contributed by atoms with Gasteiger partial charge in [0.15, 0.2) is 17.2 Å². The van der Waals surface area contributed by atoms with E-state index in [1.807, 2.05) is 6.92 Å². The molecule has 0 aromatic carbocycles. The molecule has 4 aliphatic rings. The van der Waals surface area contributed by atoms with Crippen molar-refractivity contribution in [1.29, 1.82) is 0 Å². The minimum Gasteiger partial charge on any atom is -0.466 e. The number of carbonyl (C=O) groups excluding carboxylic acids is 3. The highest BCUT2D eigenvalue weighted by Gasteiger charge is 2.87. The molecule has 6 atom stereocenters. The lowest BCUT2D eigenvalue weighted by molar-refractivity contribution is -0.716. The van der Waals surface area contributed by atoms with Crippen molar-refractivity contribution in [2.75, 3.05) is 34.0 Å². The van der Waals surface area contributed by atoms with E-state index in [1.54, 1.807) is 0 Å². The minimum absolute atomic E-state index is 0.0766. The Labute approximate surface area is 207 Å². The first-order chi connectivity index (χ1) is 16.8. The summed E-state index contributed by atoms with van der Waals surface area (Å²) in [6, 6.07) is 0. The van der Waals surface area contributed by atoms with E-state index in [9.17, 15) is 19.5 Å². The Morgan fingerprint density at radius 2 is 1.94 bits per heavy atom. The van der Waals surface area contributed by atoms with Crippen molar-refractivity contribution in [2.24, 2.45) is 17.8 Å². The Hall–Kier alpha value is -1.65. The first kappa shape index (κ1) is 26.4. The topological polar surface area (TPSA) is 138 Å². The third-order valence-corrected chi connectivity index (χ3v) is 8.89. The average Bonchev–Trinajstić information content (AvgIpc) is 3.59. The van der Waals surface area contributed by atoms with E-state index >= 15 is 0 Å². The number of nitrogens with two attached hydrogens (primary N) is 2. The van der Waals surface area contributed by atoms with Gasteiger partial charge in [0.25, 0.3) is 5.60 Å². The Kier molecular flexibility index (Phi) is 8.12. The number of Topliss-reactive ketones (excluding diaryl/α,β-unsaturated/α-hetero) is 2. The summed E-state index contributed by atoms with van der Waals surface area (Å²) in [5.74, 6) is -1.52. The monoisotopic (exact) mass is 493 g/mol. The number of ether oxygens (including phenoxy) is 2. The molecule has 35 heavy (non-hydrogen) atoms. The van der Waals surface area contributed by atoms with E-state index in [2.05, 4.69) is 23.0 Å². The molecule has 9 nitrogen and oxygen atoms in total. The molecule has 4 rings (SSSR count). The summed E-state index contributed by atoms with van der Waals surface area (Å²) >= 11 is 0. The molecule has 2 saturated carbocycles. The van der Waals surface area contributed by atoms with Crippen LogP contribution < -0.4 is 16.0 Å². The van der Waals surface area contributed by atoms with Gasteiger partial charge in [0.2, 0.25) is 0 Å². The van der Waals surface area contributed by atoms with Crippen LogP contribution in [0.1, 0.15) is 64.7 Å². The van der Waals surface area contributed by atoms with Crippen LogP contribution in [0.25, 0.3) is 0 Å². The van der Waals surface area contributed by atoms with Crippen molar-refractivity contribution in [1.82, 2.24) is 5.32 Å². The molecule has 0 amide bonds. The fraction of sp³-hybridized carbons (Fsp3) is 0.808. The number of carbonyl (C=O) groups is 3. The molecule has 2 saturated heterocycles. The van der Waals surface area contributed by atoms with Crippen molar-refractivity contribution < 1.29 is 39.6 Å². The summed E-state index contributed by atoms with van der Waals surface area (Å²) in [6.07, 6.45) is 7.61. The van der Waals surface area contributed by atoms with Crippen LogP contribution in [-0.4, -0.2) is 74.0 Å². The van der Waals surface area contributed by atoms with Gasteiger partial charge in [-0.2, -0.15) is 0 Å². The largest absolute Gasteiger partial charge is 0.466 e. The number of allylic oxidation sites excluding steroid dienone is 1. The Morgan fingerprint density at radius 3 is 2.60 bits per heavy atom. The highest BCUT2D eigenvalue weighted by molar-refractivity contribution is 6.23. The summed E-state index contributed by atoms with van der Waals surface area (Å²) in [4.78, 5) is 40.0. The summed E-state index contributed by atoms with van der Waals surface area (Å²) in [5.41, 5.74) is -1.65. The number of ketones is 2. The lowest BCUT2D eigenvalue weighted by Gasteiger charge is -2.37. The maximum atomic E-state index is 13.7. The zero-order valence-corrected chi connectivity index (χ0v) is 21.4. The molecule has 4 fully saturated rings. The number of hydrogen-bond acceptors (Lipinski definition) is 7. The van der Waals surface area contributed by atoms with Crippen molar-refractivity contribution in [2.45, 2.75) is 82.1 Å². The molecule has 0 spiro atoms. The predicted molar refractivity (Wildman–Crippen MR) is 127 cm³/mol. The van der Waals surface area contributed by atoms with Crippen molar-refractivity contribution in [3.8, 4) is 0 Å². The van der Waals surface area contributed by atoms with Gasteiger partial charge < -0.3 is 25.2 Å². The summed E-state index contributed by atoms with van der Waals surface area (Å²) in [5, 5.41) is 18.3. The second-order valence-corrected chi connectivity index (χ2v) is 10.9. The van der Waals surface area contributed by atoms with Gasteiger partial charge in [0, 0.05) is 24.7 Å². The fourth-order valence-electron chi connectivity index (χ4n) is 6.77. The Bertz CT molecular complexity index is 875. The van der Waals surface area contributed by atoms with Crippen LogP contribution in [0.2, 0.25) is 0 Å². The first-order valence-corrected chi connectivity index (χ1v) is 13.3. The smallest absolute Gasteiger partial charge is 0.349 e. The van der Waals surface area contributed by atoms with Crippen LogP contribution in [0.5, 0.6) is 0 Å². The van der Waals surface area contributed by atoms with Crippen molar-refractivity contribution in [3.05, 3.63) is 11.1 Å². The summed E-state index contributed by atoms with van der Waals surface area (Å²) in [7, 11) is 3.28. The lowest BCUT2D eigenvalue weighted by Crippen LogP contribution is -2.97. The van der Waals surface area contributed by atoms with Crippen molar-refractivity contribution in [3.63, 3.8) is 0 Å².